The van der Waals surface area contributed by atoms with E-state index in [-0.39, 0.29) is 17.0 Å². The van der Waals surface area contributed by atoms with E-state index in [2.05, 4.69) is 22.6 Å². The van der Waals surface area contributed by atoms with Crippen LogP contribution < -0.4 is 4.74 Å². The minimum atomic E-state index is -0.564. The van der Waals surface area contributed by atoms with Gasteiger partial charge in [-0.15, -0.1) is 0 Å². The van der Waals surface area contributed by atoms with Crippen molar-refractivity contribution in [2.45, 2.75) is 0 Å². The summed E-state index contributed by atoms with van der Waals surface area (Å²) in [6.45, 7) is 0. The van der Waals surface area contributed by atoms with E-state index in [1.165, 1.54) is 18.2 Å². The Hall–Kier alpha value is -2.14. The molecule has 0 aromatic heterocycles. The molecule has 19 heavy (non-hydrogen) atoms. The van der Waals surface area contributed by atoms with Gasteiger partial charge in [-0.1, -0.05) is 12.1 Å². The molecule has 0 spiro atoms. The summed E-state index contributed by atoms with van der Waals surface area (Å²) in [7, 11) is 0. The summed E-state index contributed by atoms with van der Waals surface area (Å²) in [6, 6.07) is 13.2. The lowest BCUT2D eigenvalue weighted by Gasteiger charge is -2.07. The average molecular weight is 366 g/mol. The molecule has 0 atom stereocenters. The van der Waals surface area contributed by atoms with Crippen molar-refractivity contribution in [3.8, 4) is 17.6 Å². The Bertz CT molecular complexity index is 680. The van der Waals surface area contributed by atoms with E-state index < -0.39 is 4.92 Å². The van der Waals surface area contributed by atoms with Gasteiger partial charge in [0.25, 0.3) is 0 Å². The zero-order valence-corrected chi connectivity index (χ0v) is 11.7. The first-order valence-corrected chi connectivity index (χ1v) is 6.30. The van der Waals surface area contributed by atoms with Gasteiger partial charge in [0, 0.05) is 6.07 Å². The molecular weight excluding hydrogens is 359 g/mol. The summed E-state index contributed by atoms with van der Waals surface area (Å²) in [4.78, 5) is 10.4. The van der Waals surface area contributed by atoms with Gasteiger partial charge >= 0.3 is 5.69 Å². The van der Waals surface area contributed by atoms with Gasteiger partial charge in [0.1, 0.15) is 5.75 Å². The van der Waals surface area contributed by atoms with Gasteiger partial charge in [0.2, 0.25) is 5.75 Å². The molecular formula is C13H7IN2O3. The van der Waals surface area contributed by atoms with Gasteiger partial charge in [0.15, 0.2) is 0 Å². The SMILES string of the molecule is N#Cc1ccc(Oc2ccccc2I)c([N+](=O)[O-])c1. The number of rotatable bonds is 3. The largest absolute Gasteiger partial charge is 0.449 e. The molecule has 5 nitrogen and oxygen atoms in total. The third-order valence-corrected chi connectivity index (χ3v) is 3.23. The van der Waals surface area contributed by atoms with Crippen molar-refractivity contribution in [1.29, 1.82) is 5.26 Å². The van der Waals surface area contributed by atoms with E-state index >= 15 is 0 Å². The Balaban J connectivity index is 2.43. The van der Waals surface area contributed by atoms with Gasteiger partial charge in [0.05, 0.1) is 20.1 Å². The number of nitrogens with zero attached hydrogens (tertiary/aromatic N) is 2. The molecule has 0 fully saturated rings. The van der Waals surface area contributed by atoms with Crippen molar-refractivity contribution < 1.29 is 9.66 Å². The molecule has 0 saturated heterocycles. The number of ether oxygens (including phenoxy) is 1. The number of para-hydroxylation sites is 1. The quantitative estimate of drug-likeness (QED) is 0.470. The van der Waals surface area contributed by atoms with Crippen molar-refractivity contribution in [2.75, 3.05) is 0 Å². The first-order valence-electron chi connectivity index (χ1n) is 5.22. The topological polar surface area (TPSA) is 76.2 Å². The Morgan fingerprint density at radius 3 is 2.58 bits per heavy atom. The normalized spacial score (nSPS) is 9.68. The highest BCUT2D eigenvalue weighted by Crippen LogP contribution is 2.33. The predicted octanol–water partition coefficient (Wildman–Crippen LogP) is 3.86. The molecule has 94 valence electrons. The Morgan fingerprint density at radius 2 is 1.95 bits per heavy atom. The highest BCUT2D eigenvalue weighted by Gasteiger charge is 2.17. The molecule has 0 aliphatic rings. The molecule has 2 rings (SSSR count). The maximum atomic E-state index is 11.0. The number of hydrogen-bond donors (Lipinski definition) is 0. The van der Waals surface area contributed by atoms with Crippen molar-refractivity contribution >= 4 is 28.3 Å². The van der Waals surface area contributed by atoms with Crippen molar-refractivity contribution in [1.82, 2.24) is 0 Å². The van der Waals surface area contributed by atoms with E-state index in [1.54, 1.807) is 12.1 Å². The lowest BCUT2D eigenvalue weighted by atomic mass is 10.2. The molecule has 2 aromatic carbocycles. The van der Waals surface area contributed by atoms with Crippen molar-refractivity contribution in [3.63, 3.8) is 0 Å². The van der Waals surface area contributed by atoms with Gasteiger partial charge in [-0.2, -0.15) is 5.26 Å². The van der Waals surface area contributed by atoms with Crippen LogP contribution in [0.1, 0.15) is 5.56 Å². The van der Waals surface area contributed by atoms with E-state index in [1.807, 2.05) is 18.2 Å². The molecule has 0 N–H and O–H groups in total. The summed E-state index contributed by atoms with van der Waals surface area (Å²) in [5, 5.41) is 19.7. The van der Waals surface area contributed by atoms with Crippen LogP contribution in [0.4, 0.5) is 5.69 Å². The van der Waals surface area contributed by atoms with Crippen LogP contribution in [0.25, 0.3) is 0 Å². The van der Waals surface area contributed by atoms with Crippen LogP contribution in [0.2, 0.25) is 0 Å². The van der Waals surface area contributed by atoms with Crippen molar-refractivity contribution in [3.05, 3.63) is 61.7 Å². The standard InChI is InChI=1S/C13H7IN2O3/c14-10-3-1-2-4-12(10)19-13-6-5-9(8-15)7-11(13)16(17)18/h1-7H. The summed E-state index contributed by atoms with van der Waals surface area (Å²) in [5.74, 6) is 0.657. The molecule has 0 amide bonds. The van der Waals surface area contributed by atoms with E-state index in [9.17, 15) is 10.1 Å². The smallest absolute Gasteiger partial charge is 0.312 e. The second-order valence-corrected chi connectivity index (χ2v) is 4.75. The maximum Gasteiger partial charge on any atom is 0.312 e. The van der Waals surface area contributed by atoms with Gasteiger partial charge in [-0.3, -0.25) is 10.1 Å². The van der Waals surface area contributed by atoms with Crippen LogP contribution in [0.3, 0.4) is 0 Å². The minimum Gasteiger partial charge on any atom is -0.449 e. The number of nitriles is 1. The van der Waals surface area contributed by atoms with Crippen LogP contribution in [0, 0.1) is 25.0 Å². The predicted molar refractivity (Wildman–Crippen MR) is 77.0 cm³/mol. The Labute approximate surface area is 122 Å². The second-order valence-electron chi connectivity index (χ2n) is 3.58. The second kappa shape index (κ2) is 5.67. The first kappa shape index (κ1) is 13.3. The van der Waals surface area contributed by atoms with Crippen LogP contribution in [0.5, 0.6) is 11.5 Å². The molecule has 0 heterocycles. The first-order chi connectivity index (χ1) is 9.11. The van der Waals surface area contributed by atoms with Gasteiger partial charge < -0.3 is 4.74 Å². The summed E-state index contributed by atoms with van der Waals surface area (Å²) >= 11 is 2.08. The molecule has 2 aromatic rings. The lowest BCUT2D eigenvalue weighted by molar-refractivity contribution is -0.385. The molecule has 6 heteroatoms. The number of nitro groups is 1. The Morgan fingerprint density at radius 1 is 1.21 bits per heavy atom. The Kier molecular flexibility index (Phi) is 3.97. The van der Waals surface area contributed by atoms with E-state index in [4.69, 9.17) is 10.00 Å². The maximum absolute atomic E-state index is 11.0. The average Bonchev–Trinajstić information content (AvgIpc) is 2.41. The highest BCUT2D eigenvalue weighted by molar-refractivity contribution is 14.1. The molecule has 0 bridgehead atoms. The molecule has 0 aliphatic carbocycles. The monoisotopic (exact) mass is 366 g/mol. The summed E-state index contributed by atoms with van der Waals surface area (Å²) in [6.07, 6.45) is 0. The molecule has 0 radical (unpaired) electrons. The van der Waals surface area contributed by atoms with Gasteiger partial charge in [-0.25, -0.2) is 0 Å². The van der Waals surface area contributed by atoms with Crippen molar-refractivity contribution in [2.24, 2.45) is 0 Å². The zero-order chi connectivity index (χ0) is 13.8. The third-order valence-electron chi connectivity index (χ3n) is 2.34. The summed E-state index contributed by atoms with van der Waals surface area (Å²) in [5.41, 5.74) is 0.000474. The van der Waals surface area contributed by atoms with E-state index in [0.29, 0.717) is 5.75 Å². The van der Waals surface area contributed by atoms with Crippen LogP contribution >= 0.6 is 22.6 Å². The minimum absolute atomic E-state index is 0.119. The third kappa shape index (κ3) is 3.00. The lowest BCUT2D eigenvalue weighted by Crippen LogP contribution is -1.95. The van der Waals surface area contributed by atoms with Gasteiger partial charge in [-0.05, 0) is 46.9 Å². The highest BCUT2D eigenvalue weighted by atomic mass is 127. The fourth-order valence-corrected chi connectivity index (χ4v) is 1.96. The van der Waals surface area contributed by atoms with Crippen LogP contribution in [0.15, 0.2) is 42.5 Å². The number of hydrogen-bond acceptors (Lipinski definition) is 4. The van der Waals surface area contributed by atoms with Crippen LogP contribution in [-0.2, 0) is 0 Å². The fraction of sp³-hybridized carbons (Fsp3) is 0. The fourth-order valence-electron chi connectivity index (χ4n) is 1.46. The molecule has 0 saturated carbocycles. The van der Waals surface area contributed by atoms with E-state index in [0.717, 1.165) is 3.57 Å². The number of nitro benzene ring substituents is 1. The molecule has 0 aliphatic heterocycles. The summed E-state index contributed by atoms with van der Waals surface area (Å²) < 4.78 is 6.39. The molecule has 0 unspecified atom stereocenters. The number of benzene rings is 2. The number of halogens is 1. The zero-order valence-electron chi connectivity index (χ0n) is 9.54. The van der Waals surface area contributed by atoms with Crippen LogP contribution in [-0.4, -0.2) is 4.92 Å².